The Kier molecular flexibility index (Phi) is 4.83. The molecule has 0 spiro atoms. The third kappa shape index (κ3) is 3.95. The van der Waals surface area contributed by atoms with Gasteiger partial charge in [-0.15, -0.1) is 0 Å². The van der Waals surface area contributed by atoms with E-state index in [1.165, 1.54) is 6.26 Å². The molecule has 1 heterocycles. The molecule has 3 rings (SSSR count). The van der Waals surface area contributed by atoms with Crippen LogP contribution in [0.1, 0.15) is 16.1 Å². The highest BCUT2D eigenvalue weighted by atomic mass is 32.2. The number of nitrogens with one attached hydrogen (secondary N) is 1. The Hall–Kier alpha value is -3.04. The number of aromatic nitrogens is 1. The van der Waals surface area contributed by atoms with Crippen molar-refractivity contribution in [3.05, 3.63) is 71.9 Å². The van der Waals surface area contributed by atoms with Crippen LogP contribution in [0.4, 0.5) is 4.39 Å². The van der Waals surface area contributed by atoms with Gasteiger partial charge < -0.3 is 9.73 Å². The number of hydrogen-bond acceptors (Lipinski definition) is 5. The number of carbonyl (C=O) groups is 1. The second-order valence-electron chi connectivity index (χ2n) is 5.38. The van der Waals surface area contributed by atoms with Gasteiger partial charge in [-0.2, -0.15) is 0 Å². The highest BCUT2D eigenvalue weighted by Gasteiger charge is 2.17. The highest BCUT2D eigenvalue weighted by Crippen LogP contribution is 2.18. The van der Waals surface area contributed by atoms with E-state index in [4.69, 9.17) is 9.56 Å². The van der Waals surface area contributed by atoms with Crippen molar-refractivity contribution >= 4 is 15.9 Å². The molecule has 0 saturated carbocycles. The number of benzene rings is 2. The van der Waals surface area contributed by atoms with E-state index in [9.17, 15) is 17.6 Å². The number of oxazole rings is 1. The molecule has 0 unspecified atom stereocenters. The van der Waals surface area contributed by atoms with Crippen LogP contribution in [0.25, 0.3) is 11.5 Å². The number of amides is 1. The Morgan fingerprint density at radius 3 is 2.62 bits per heavy atom. The summed E-state index contributed by atoms with van der Waals surface area (Å²) in [5.41, 5.74) is 0.778. The van der Waals surface area contributed by atoms with E-state index < -0.39 is 27.3 Å². The van der Waals surface area contributed by atoms with Gasteiger partial charge >= 0.3 is 0 Å². The summed E-state index contributed by atoms with van der Waals surface area (Å²) in [6.07, 6.45) is 1.37. The van der Waals surface area contributed by atoms with Crippen molar-refractivity contribution in [3.8, 4) is 11.5 Å². The van der Waals surface area contributed by atoms with Gasteiger partial charge in [-0.25, -0.2) is 22.9 Å². The summed E-state index contributed by atoms with van der Waals surface area (Å²) in [5, 5.41) is 7.46. The topological polar surface area (TPSA) is 115 Å². The maximum Gasteiger partial charge on any atom is 0.254 e. The Morgan fingerprint density at radius 2 is 1.92 bits per heavy atom. The van der Waals surface area contributed by atoms with Crippen molar-refractivity contribution in [2.75, 3.05) is 0 Å². The Balaban J connectivity index is 1.73. The Labute approximate surface area is 148 Å². The molecule has 1 amide bonds. The molecule has 1 aromatic heterocycles. The zero-order chi connectivity index (χ0) is 18.7. The van der Waals surface area contributed by atoms with E-state index >= 15 is 0 Å². The molecule has 7 nitrogen and oxygen atoms in total. The molecular weight excluding hydrogens is 361 g/mol. The fourth-order valence-corrected chi connectivity index (χ4v) is 2.76. The SMILES string of the molecule is NS(=O)(=O)c1ccc(F)c(C(=O)NCc2coc(-c3ccccc3)n2)c1. The van der Waals surface area contributed by atoms with Crippen molar-refractivity contribution in [3.63, 3.8) is 0 Å². The van der Waals surface area contributed by atoms with Gasteiger partial charge in [-0.3, -0.25) is 4.79 Å². The van der Waals surface area contributed by atoms with E-state index in [2.05, 4.69) is 10.3 Å². The van der Waals surface area contributed by atoms with Crippen LogP contribution < -0.4 is 10.5 Å². The minimum absolute atomic E-state index is 0.0196. The number of sulfonamides is 1. The van der Waals surface area contributed by atoms with Crippen LogP contribution in [-0.2, 0) is 16.6 Å². The first kappa shape index (κ1) is 17.8. The molecule has 3 N–H and O–H groups in total. The molecule has 0 bridgehead atoms. The first-order chi connectivity index (χ1) is 12.3. The van der Waals surface area contributed by atoms with E-state index in [-0.39, 0.29) is 11.4 Å². The number of hydrogen-bond donors (Lipinski definition) is 2. The number of primary sulfonamides is 1. The van der Waals surface area contributed by atoms with Crippen molar-refractivity contribution in [1.29, 1.82) is 0 Å². The average molecular weight is 375 g/mol. The van der Waals surface area contributed by atoms with Crippen molar-refractivity contribution in [2.24, 2.45) is 5.14 Å². The molecule has 0 radical (unpaired) electrons. The van der Waals surface area contributed by atoms with Gasteiger partial charge in [-0.1, -0.05) is 18.2 Å². The Morgan fingerprint density at radius 1 is 1.19 bits per heavy atom. The third-order valence-corrected chi connectivity index (χ3v) is 4.42. The fraction of sp³-hybridized carbons (Fsp3) is 0.0588. The monoisotopic (exact) mass is 375 g/mol. The average Bonchev–Trinajstić information content (AvgIpc) is 3.09. The molecule has 0 fully saturated rings. The lowest BCUT2D eigenvalue weighted by molar-refractivity contribution is 0.0946. The van der Waals surface area contributed by atoms with E-state index in [1.54, 1.807) is 0 Å². The highest BCUT2D eigenvalue weighted by molar-refractivity contribution is 7.89. The largest absolute Gasteiger partial charge is 0.444 e. The maximum atomic E-state index is 13.8. The number of carbonyl (C=O) groups excluding carboxylic acids is 1. The molecular formula is C17H14FN3O4S. The molecule has 0 saturated heterocycles. The van der Waals surface area contributed by atoms with Gasteiger partial charge in [-0.05, 0) is 30.3 Å². The van der Waals surface area contributed by atoms with E-state index in [0.29, 0.717) is 11.6 Å². The van der Waals surface area contributed by atoms with Crippen molar-refractivity contribution in [1.82, 2.24) is 10.3 Å². The predicted molar refractivity (Wildman–Crippen MR) is 90.9 cm³/mol. The molecule has 134 valence electrons. The lowest BCUT2D eigenvalue weighted by Crippen LogP contribution is -2.24. The van der Waals surface area contributed by atoms with Crippen LogP contribution in [0.2, 0.25) is 0 Å². The second kappa shape index (κ2) is 7.06. The van der Waals surface area contributed by atoms with Crippen LogP contribution in [0.15, 0.2) is 64.1 Å². The first-order valence-corrected chi connectivity index (χ1v) is 8.99. The summed E-state index contributed by atoms with van der Waals surface area (Å²) in [7, 11) is -4.04. The van der Waals surface area contributed by atoms with E-state index in [1.807, 2.05) is 30.3 Å². The minimum Gasteiger partial charge on any atom is -0.444 e. The molecule has 0 aliphatic carbocycles. The second-order valence-corrected chi connectivity index (χ2v) is 6.94. The van der Waals surface area contributed by atoms with Gasteiger partial charge in [0.1, 0.15) is 12.1 Å². The van der Waals surface area contributed by atoms with Crippen LogP contribution >= 0.6 is 0 Å². The quantitative estimate of drug-likeness (QED) is 0.708. The van der Waals surface area contributed by atoms with Crippen molar-refractivity contribution < 1.29 is 22.0 Å². The zero-order valence-electron chi connectivity index (χ0n) is 13.3. The van der Waals surface area contributed by atoms with Crippen LogP contribution in [0.3, 0.4) is 0 Å². The van der Waals surface area contributed by atoms with Gasteiger partial charge in [0.25, 0.3) is 5.91 Å². The molecule has 2 aromatic carbocycles. The number of nitrogens with zero attached hydrogens (tertiary/aromatic N) is 1. The summed E-state index contributed by atoms with van der Waals surface area (Å²) >= 11 is 0. The summed E-state index contributed by atoms with van der Waals surface area (Å²) in [6.45, 7) is -0.0196. The molecule has 26 heavy (non-hydrogen) atoms. The maximum absolute atomic E-state index is 13.8. The number of rotatable bonds is 5. The normalized spacial score (nSPS) is 11.3. The lowest BCUT2D eigenvalue weighted by Gasteiger charge is -2.06. The summed E-state index contributed by atoms with van der Waals surface area (Å²) in [4.78, 5) is 16.0. The fourth-order valence-electron chi connectivity index (χ4n) is 2.22. The lowest BCUT2D eigenvalue weighted by atomic mass is 10.2. The van der Waals surface area contributed by atoms with Gasteiger partial charge in [0.05, 0.1) is 22.7 Å². The summed E-state index contributed by atoms with van der Waals surface area (Å²) < 4.78 is 41.8. The standard InChI is InChI=1S/C17H14FN3O4S/c18-15-7-6-13(26(19,23)24)8-14(15)16(22)20-9-12-10-25-17(21-12)11-4-2-1-3-5-11/h1-8,10H,9H2,(H,20,22)(H2,19,23,24). The van der Waals surface area contributed by atoms with Gasteiger partial charge in [0.15, 0.2) is 0 Å². The molecule has 3 aromatic rings. The molecule has 9 heteroatoms. The summed E-state index contributed by atoms with van der Waals surface area (Å²) in [6, 6.07) is 11.9. The zero-order valence-corrected chi connectivity index (χ0v) is 14.2. The molecule has 0 atom stereocenters. The minimum atomic E-state index is -4.04. The van der Waals surface area contributed by atoms with Gasteiger partial charge in [0.2, 0.25) is 15.9 Å². The predicted octanol–water partition coefficient (Wildman–Crippen LogP) is 2.06. The Bertz CT molecular complexity index is 1050. The van der Waals surface area contributed by atoms with Crippen LogP contribution in [0, 0.1) is 5.82 Å². The smallest absolute Gasteiger partial charge is 0.254 e. The van der Waals surface area contributed by atoms with Crippen LogP contribution in [0.5, 0.6) is 0 Å². The third-order valence-electron chi connectivity index (χ3n) is 3.51. The number of nitrogens with two attached hydrogens (primary N) is 1. The van der Waals surface area contributed by atoms with Crippen molar-refractivity contribution in [2.45, 2.75) is 11.4 Å². The number of halogens is 1. The van der Waals surface area contributed by atoms with Crippen LogP contribution in [-0.4, -0.2) is 19.3 Å². The first-order valence-electron chi connectivity index (χ1n) is 7.45. The molecule has 0 aliphatic rings. The van der Waals surface area contributed by atoms with Gasteiger partial charge in [0, 0.05) is 5.56 Å². The molecule has 0 aliphatic heterocycles. The summed E-state index contributed by atoms with van der Waals surface area (Å²) in [5.74, 6) is -1.27. The van der Waals surface area contributed by atoms with E-state index in [0.717, 1.165) is 23.8 Å².